The third-order valence-electron chi connectivity index (χ3n) is 5.32. The molecule has 7 nitrogen and oxygen atoms in total. The van der Waals surface area contributed by atoms with Crippen LogP contribution in [0, 0.1) is 0 Å². The third-order valence-corrected chi connectivity index (χ3v) is 7.17. The number of nitrogens with two attached hydrogens (primary N) is 1. The van der Waals surface area contributed by atoms with E-state index in [1.807, 2.05) is 22.8 Å². The first-order valence-corrected chi connectivity index (χ1v) is 11.6. The minimum Gasteiger partial charge on any atom is -0.497 e. The molecule has 2 N–H and O–H groups in total. The zero-order chi connectivity index (χ0) is 22.1. The summed E-state index contributed by atoms with van der Waals surface area (Å²) in [5.74, 6) is 0.972. The Morgan fingerprint density at radius 3 is 2.77 bits per heavy atom. The first-order valence-electron chi connectivity index (χ1n) is 10.0. The number of esters is 1. The molecule has 1 aliphatic carbocycles. The second-order valence-corrected chi connectivity index (χ2v) is 9.10. The number of hydrogen-bond donors (Lipinski definition) is 1. The molecule has 1 aliphatic rings. The molecular weight excluding hydrogens is 482 g/mol. The van der Waals surface area contributed by atoms with Crippen LogP contribution in [0.5, 0.6) is 11.5 Å². The Hall–Kier alpha value is -2.52. The fraction of sp³-hybridized carbons (Fsp3) is 0.364. The summed E-state index contributed by atoms with van der Waals surface area (Å²) in [7, 11) is 3.22. The van der Waals surface area contributed by atoms with E-state index in [9.17, 15) is 4.79 Å². The number of hydrogen-bond acceptors (Lipinski definition) is 7. The van der Waals surface area contributed by atoms with Crippen LogP contribution in [0.2, 0.25) is 0 Å². The number of benzene rings is 1. The Morgan fingerprint density at radius 1 is 1.26 bits per heavy atom. The maximum absolute atomic E-state index is 12.9. The lowest BCUT2D eigenvalue weighted by Crippen LogP contribution is -2.14. The molecule has 0 fully saturated rings. The topological polar surface area (TPSA) is 88.6 Å². The van der Waals surface area contributed by atoms with Gasteiger partial charge in [-0.05, 0) is 65.4 Å². The van der Waals surface area contributed by atoms with Crippen molar-refractivity contribution < 1.29 is 19.0 Å². The van der Waals surface area contributed by atoms with Crippen LogP contribution < -0.4 is 15.2 Å². The van der Waals surface area contributed by atoms with Gasteiger partial charge in [0, 0.05) is 17.5 Å². The van der Waals surface area contributed by atoms with Crippen LogP contribution in [-0.2, 0) is 24.1 Å². The van der Waals surface area contributed by atoms with E-state index in [2.05, 4.69) is 20.9 Å². The smallest absolute Gasteiger partial charge is 0.354 e. The molecule has 4 rings (SSSR count). The summed E-state index contributed by atoms with van der Waals surface area (Å²) in [5, 5.41) is 0.535. The van der Waals surface area contributed by atoms with Gasteiger partial charge in [0.25, 0.3) is 0 Å². The number of methoxy groups -OCH3 is 2. The summed E-state index contributed by atoms with van der Waals surface area (Å²) >= 11 is 5.16. The molecule has 0 amide bonds. The fourth-order valence-electron chi connectivity index (χ4n) is 3.96. The largest absolute Gasteiger partial charge is 0.497 e. The molecular formula is C22H24BrN3O4S. The van der Waals surface area contributed by atoms with Gasteiger partial charge >= 0.3 is 5.97 Å². The van der Waals surface area contributed by atoms with Crippen molar-refractivity contribution in [2.45, 2.75) is 32.7 Å². The lowest BCUT2D eigenvalue weighted by Gasteiger charge is -2.16. The summed E-state index contributed by atoms with van der Waals surface area (Å²) in [4.78, 5) is 18.6. The molecule has 0 bridgehead atoms. The SMILES string of the molecule is CCOC(=O)c1cc2c(n1Cc1cc(OC)cc(OC)c1Br)-c1nc(N)sc1CCC2. The minimum absolute atomic E-state index is 0.306. The molecule has 0 aliphatic heterocycles. The van der Waals surface area contributed by atoms with Gasteiger partial charge in [-0.3, -0.25) is 0 Å². The van der Waals surface area contributed by atoms with Crippen molar-refractivity contribution in [1.82, 2.24) is 9.55 Å². The van der Waals surface area contributed by atoms with Crippen LogP contribution >= 0.6 is 27.3 Å². The molecule has 0 spiro atoms. The quantitative estimate of drug-likeness (QED) is 0.489. The zero-order valence-corrected chi connectivity index (χ0v) is 20.1. The normalized spacial score (nSPS) is 12.6. The summed E-state index contributed by atoms with van der Waals surface area (Å²) in [6, 6.07) is 5.68. The highest BCUT2D eigenvalue weighted by molar-refractivity contribution is 9.10. The molecule has 0 atom stereocenters. The molecule has 0 radical (unpaired) electrons. The lowest BCUT2D eigenvalue weighted by atomic mass is 10.1. The summed E-state index contributed by atoms with van der Waals surface area (Å²) in [5.41, 5.74) is 10.3. The monoisotopic (exact) mass is 505 g/mol. The maximum Gasteiger partial charge on any atom is 0.354 e. The molecule has 0 unspecified atom stereocenters. The van der Waals surface area contributed by atoms with Crippen LogP contribution in [-0.4, -0.2) is 36.3 Å². The van der Waals surface area contributed by atoms with E-state index in [0.717, 1.165) is 51.1 Å². The van der Waals surface area contributed by atoms with Crippen LogP contribution in [0.3, 0.4) is 0 Å². The molecule has 9 heteroatoms. The summed E-state index contributed by atoms with van der Waals surface area (Å²) < 4.78 is 19.1. The second-order valence-electron chi connectivity index (χ2n) is 7.19. The van der Waals surface area contributed by atoms with Gasteiger partial charge in [-0.1, -0.05) is 0 Å². The van der Waals surface area contributed by atoms with Crippen molar-refractivity contribution in [2.75, 3.05) is 26.6 Å². The first-order chi connectivity index (χ1) is 15.0. The van der Waals surface area contributed by atoms with Gasteiger partial charge in [0.1, 0.15) is 22.9 Å². The van der Waals surface area contributed by atoms with Crippen LogP contribution in [0.25, 0.3) is 11.4 Å². The highest BCUT2D eigenvalue weighted by Gasteiger charge is 2.28. The molecule has 31 heavy (non-hydrogen) atoms. The third kappa shape index (κ3) is 4.04. The first kappa shape index (κ1) is 21.7. The van der Waals surface area contributed by atoms with Crippen molar-refractivity contribution in [3.63, 3.8) is 0 Å². The van der Waals surface area contributed by atoms with E-state index < -0.39 is 0 Å². The van der Waals surface area contributed by atoms with Crippen molar-refractivity contribution in [1.29, 1.82) is 0 Å². The molecule has 2 heterocycles. The molecule has 3 aromatic rings. The van der Waals surface area contributed by atoms with E-state index >= 15 is 0 Å². The highest BCUT2D eigenvalue weighted by Crippen LogP contribution is 2.40. The van der Waals surface area contributed by atoms with Gasteiger partial charge in [0.2, 0.25) is 0 Å². The predicted molar refractivity (Wildman–Crippen MR) is 124 cm³/mol. The van der Waals surface area contributed by atoms with Crippen molar-refractivity contribution >= 4 is 38.4 Å². The van der Waals surface area contributed by atoms with E-state index in [0.29, 0.717) is 35.5 Å². The van der Waals surface area contributed by atoms with E-state index in [-0.39, 0.29) is 5.97 Å². The number of rotatable bonds is 6. The standard InChI is InChI=1S/C22H24BrN3O4S/c1-4-30-21(27)15-9-12-6-5-7-17-19(25-22(24)31-17)20(12)26(15)11-13-8-14(28-2)10-16(29-3)18(13)23/h8-10H,4-7,11H2,1-3H3,(H2,24,25). The minimum atomic E-state index is -0.355. The Morgan fingerprint density at radius 2 is 2.06 bits per heavy atom. The van der Waals surface area contributed by atoms with E-state index in [4.69, 9.17) is 19.9 Å². The number of fused-ring (bicyclic) bond motifs is 3. The number of ether oxygens (including phenoxy) is 3. The van der Waals surface area contributed by atoms with Gasteiger partial charge in [-0.25, -0.2) is 9.78 Å². The van der Waals surface area contributed by atoms with Gasteiger partial charge in [0.15, 0.2) is 5.13 Å². The average Bonchev–Trinajstić information content (AvgIpc) is 3.24. The Bertz CT molecular complexity index is 1140. The number of halogens is 1. The lowest BCUT2D eigenvalue weighted by molar-refractivity contribution is 0.0514. The second kappa shape index (κ2) is 8.92. The van der Waals surface area contributed by atoms with Crippen LogP contribution in [0.4, 0.5) is 5.13 Å². The van der Waals surface area contributed by atoms with Crippen LogP contribution in [0.15, 0.2) is 22.7 Å². The number of anilines is 1. The van der Waals surface area contributed by atoms with E-state index in [1.165, 1.54) is 11.3 Å². The van der Waals surface area contributed by atoms with Crippen LogP contribution in [0.1, 0.15) is 39.8 Å². The van der Waals surface area contributed by atoms with Gasteiger partial charge in [0.05, 0.1) is 31.0 Å². The number of nitrogens with zero attached hydrogens (tertiary/aromatic N) is 2. The number of carbonyl (C=O) groups is 1. The molecule has 164 valence electrons. The Kier molecular flexibility index (Phi) is 6.24. The van der Waals surface area contributed by atoms with Crippen molar-refractivity contribution in [2.24, 2.45) is 0 Å². The van der Waals surface area contributed by atoms with E-state index in [1.54, 1.807) is 21.1 Å². The number of aryl methyl sites for hydroxylation is 2. The fourth-order valence-corrected chi connectivity index (χ4v) is 5.35. The van der Waals surface area contributed by atoms with Gasteiger partial charge in [-0.15, -0.1) is 11.3 Å². The molecule has 0 saturated carbocycles. The number of carbonyl (C=O) groups excluding carboxylic acids is 1. The van der Waals surface area contributed by atoms with Gasteiger partial charge in [-0.2, -0.15) is 0 Å². The van der Waals surface area contributed by atoms with Crippen molar-refractivity contribution in [3.8, 4) is 22.9 Å². The zero-order valence-electron chi connectivity index (χ0n) is 17.7. The summed E-state index contributed by atoms with van der Waals surface area (Å²) in [6.45, 7) is 2.52. The average molecular weight is 506 g/mol. The number of thiazole rings is 1. The molecule has 2 aromatic heterocycles. The highest BCUT2D eigenvalue weighted by atomic mass is 79.9. The number of nitrogen functional groups attached to an aromatic ring is 1. The summed E-state index contributed by atoms with van der Waals surface area (Å²) in [6.07, 6.45) is 2.76. The predicted octanol–water partition coefficient (Wildman–Crippen LogP) is 4.69. The molecule has 0 saturated heterocycles. The Labute approximate surface area is 193 Å². The number of aromatic nitrogens is 2. The maximum atomic E-state index is 12.9. The van der Waals surface area contributed by atoms with Crippen molar-refractivity contribution in [3.05, 3.63) is 44.4 Å². The Balaban J connectivity index is 1.92. The van der Waals surface area contributed by atoms with Gasteiger partial charge < -0.3 is 24.5 Å². The molecule has 1 aromatic carbocycles.